The molecule has 2 aromatic heterocycles. The fourth-order valence-electron chi connectivity index (χ4n) is 5.48. The second kappa shape index (κ2) is 8.61. The molecule has 0 unspecified atom stereocenters. The molecule has 0 aliphatic carbocycles. The Balaban J connectivity index is 1.41. The summed E-state index contributed by atoms with van der Waals surface area (Å²) in [6.45, 7) is 0. The molecule has 0 bridgehead atoms. The fraction of sp³-hybridized carbons (Fsp3) is 0. The molecule has 2 heterocycles. The molecule has 0 aliphatic heterocycles. The molecule has 0 saturated carbocycles. The van der Waals surface area contributed by atoms with Gasteiger partial charge < -0.3 is 8.83 Å². The Morgan fingerprint density at radius 2 is 1.28 bits per heavy atom. The molecule has 39 heavy (non-hydrogen) atoms. The van der Waals surface area contributed by atoms with Crippen LogP contribution in [0.5, 0.6) is 0 Å². The van der Waals surface area contributed by atoms with E-state index in [0.29, 0.717) is 6.01 Å². The van der Waals surface area contributed by atoms with Gasteiger partial charge in [-0.05, 0) is 47.3 Å². The third-order valence-corrected chi connectivity index (χ3v) is 7.31. The maximum atomic E-state index is 6.62. The molecule has 8 aromatic rings. The van der Waals surface area contributed by atoms with E-state index in [9.17, 15) is 0 Å². The summed E-state index contributed by atoms with van der Waals surface area (Å²) < 4.78 is 12.7. The first kappa shape index (κ1) is 21.7. The lowest BCUT2D eigenvalue weighted by Crippen LogP contribution is -2.11. The quantitative estimate of drug-likeness (QED) is 0.240. The van der Waals surface area contributed by atoms with Crippen molar-refractivity contribution >= 4 is 61.2 Å². The Morgan fingerprint density at radius 3 is 2.21 bits per heavy atom. The number of oxazole rings is 1. The molecule has 0 saturated heterocycles. The van der Waals surface area contributed by atoms with Crippen molar-refractivity contribution < 1.29 is 8.83 Å². The van der Waals surface area contributed by atoms with Crippen LogP contribution in [-0.2, 0) is 0 Å². The van der Waals surface area contributed by atoms with Crippen molar-refractivity contribution in [2.24, 2.45) is 0 Å². The van der Waals surface area contributed by atoms with Gasteiger partial charge in [0.2, 0.25) is 0 Å². The van der Waals surface area contributed by atoms with E-state index in [4.69, 9.17) is 13.8 Å². The average Bonchev–Trinajstić information content (AvgIpc) is 3.60. The third-order valence-electron chi connectivity index (χ3n) is 7.31. The minimum atomic E-state index is 0.511. The van der Waals surface area contributed by atoms with Gasteiger partial charge in [0.1, 0.15) is 16.7 Å². The van der Waals surface area contributed by atoms with Crippen molar-refractivity contribution in [1.82, 2.24) is 4.98 Å². The zero-order chi connectivity index (χ0) is 25.8. The van der Waals surface area contributed by atoms with Crippen molar-refractivity contribution in [3.63, 3.8) is 0 Å². The van der Waals surface area contributed by atoms with Gasteiger partial charge in [0.15, 0.2) is 5.58 Å². The smallest absolute Gasteiger partial charge is 0.307 e. The Morgan fingerprint density at radius 1 is 0.538 bits per heavy atom. The van der Waals surface area contributed by atoms with Crippen LogP contribution < -0.4 is 4.90 Å². The van der Waals surface area contributed by atoms with Gasteiger partial charge in [-0.25, -0.2) is 0 Å². The first-order valence-corrected chi connectivity index (χ1v) is 13.0. The summed E-state index contributed by atoms with van der Waals surface area (Å²) in [5.74, 6) is 0. The lowest BCUT2D eigenvalue weighted by Gasteiger charge is -2.24. The van der Waals surface area contributed by atoms with Gasteiger partial charge in [-0.15, -0.1) is 0 Å². The van der Waals surface area contributed by atoms with Crippen molar-refractivity contribution in [1.29, 1.82) is 0 Å². The van der Waals surface area contributed by atoms with E-state index in [1.807, 2.05) is 48.5 Å². The molecule has 4 heteroatoms. The van der Waals surface area contributed by atoms with Crippen molar-refractivity contribution in [3.05, 3.63) is 133 Å². The van der Waals surface area contributed by atoms with E-state index in [1.54, 1.807) is 0 Å². The van der Waals surface area contributed by atoms with Gasteiger partial charge in [-0.1, -0.05) is 97.1 Å². The van der Waals surface area contributed by atoms with E-state index in [-0.39, 0.29) is 0 Å². The molecule has 4 nitrogen and oxygen atoms in total. The maximum absolute atomic E-state index is 6.62. The summed E-state index contributed by atoms with van der Waals surface area (Å²) in [4.78, 5) is 7.13. The Kier molecular flexibility index (Phi) is 4.79. The summed E-state index contributed by atoms with van der Waals surface area (Å²) in [5.41, 5.74) is 7.44. The second-order valence-electron chi connectivity index (χ2n) is 9.63. The monoisotopic (exact) mass is 502 g/mol. The second-order valence-corrected chi connectivity index (χ2v) is 9.63. The van der Waals surface area contributed by atoms with Gasteiger partial charge in [-0.2, -0.15) is 4.98 Å². The summed E-state index contributed by atoms with van der Waals surface area (Å²) in [6, 6.07) is 46.1. The third kappa shape index (κ3) is 3.50. The van der Waals surface area contributed by atoms with Crippen LogP contribution in [0, 0.1) is 0 Å². The van der Waals surface area contributed by atoms with Gasteiger partial charge in [0.25, 0.3) is 0 Å². The number of hydrogen-bond acceptors (Lipinski definition) is 4. The molecule has 184 valence electrons. The van der Waals surface area contributed by atoms with Crippen molar-refractivity contribution in [2.45, 2.75) is 0 Å². The summed E-state index contributed by atoms with van der Waals surface area (Å²) >= 11 is 0. The van der Waals surface area contributed by atoms with Gasteiger partial charge in [0, 0.05) is 21.7 Å². The number of para-hydroxylation sites is 2. The fourth-order valence-corrected chi connectivity index (χ4v) is 5.48. The molecule has 0 aliphatic rings. The van der Waals surface area contributed by atoms with Crippen LogP contribution in [0.2, 0.25) is 0 Å². The Bertz CT molecular complexity index is 2130. The number of nitrogens with zero attached hydrogens (tertiary/aromatic N) is 2. The standard InChI is InChI=1S/C35H22N2O2/c1-2-10-23(11-3-1)26-13-6-8-16-31(26)37(25-19-21-33-29(22-25)28-15-7-9-17-32(28)38-33)35-36-30-20-18-24-12-4-5-14-27(24)34(30)39-35/h1-22H. The summed E-state index contributed by atoms with van der Waals surface area (Å²) in [5, 5.41) is 4.29. The first-order chi connectivity index (χ1) is 19.3. The van der Waals surface area contributed by atoms with Crippen LogP contribution >= 0.6 is 0 Å². The predicted octanol–water partition coefficient (Wildman–Crippen LogP) is 10.0. The highest BCUT2D eigenvalue weighted by Crippen LogP contribution is 2.43. The highest BCUT2D eigenvalue weighted by Gasteiger charge is 2.23. The van der Waals surface area contributed by atoms with Gasteiger partial charge in [0.05, 0.1) is 11.4 Å². The molecular formula is C35H22N2O2. The van der Waals surface area contributed by atoms with Crippen LogP contribution in [-0.4, -0.2) is 4.98 Å². The summed E-state index contributed by atoms with van der Waals surface area (Å²) in [6.07, 6.45) is 0. The van der Waals surface area contributed by atoms with Gasteiger partial charge >= 0.3 is 6.01 Å². The minimum Gasteiger partial charge on any atom is -0.456 e. The maximum Gasteiger partial charge on any atom is 0.307 e. The molecule has 0 radical (unpaired) electrons. The molecule has 6 aromatic carbocycles. The van der Waals surface area contributed by atoms with E-state index in [2.05, 4.69) is 89.8 Å². The zero-order valence-corrected chi connectivity index (χ0v) is 20.9. The van der Waals surface area contributed by atoms with Crippen LogP contribution in [0.1, 0.15) is 0 Å². The zero-order valence-electron chi connectivity index (χ0n) is 20.9. The Hall–Kier alpha value is -5.35. The largest absolute Gasteiger partial charge is 0.456 e. The molecule has 8 rings (SSSR count). The number of rotatable bonds is 4. The topological polar surface area (TPSA) is 42.4 Å². The number of fused-ring (bicyclic) bond motifs is 6. The van der Waals surface area contributed by atoms with E-state index < -0.39 is 0 Å². The lowest BCUT2D eigenvalue weighted by molar-refractivity contribution is 0.611. The van der Waals surface area contributed by atoms with E-state index in [0.717, 1.165) is 66.3 Å². The van der Waals surface area contributed by atoms with Crippen molar-refractivity contribution in [2.75, 3.05) is 4.90 Å². The number of hydrogen-bond donors (Lipinski definition) is 0. The lowest BCUT2D eigenvalue weighted by atomic mass is 10.0. The highest BCUT2D eigenvalue weighted by molar-refractivity contribution is 6.07. The van der Waals surface area contributed by atoms with E-state index >= 15 is 0 Å². The molecule has 0 N–H and O–H groups in total. The summed E-state index contributed by atoms with van der Waals surface area (Å²) in [7, 11) is 0. The molecule has 0 spiro atoms. The Labute approximate surface area is 224 Å². The van der Waals surface area contributed by atoms with Crippen LogP contribution in [0.3, 0.4) is 0 Å². The van der Waals surface area contributed by atoms with Crippen LogP contribution in [0.4, 0.5) is 17.4 Å². The highest BCUT2D eigenvalue weighted by atomic mass is 16.4. The number of anilines is 3. The minimum absolute atomic E-state index is 0.511. The van der Waals surface area contributed by atoms with Crippen LogP contribution in [0.15, 0.2) is 142 Å². The average molecular weight is 503 g/mol. The molecular weight excluding hydrogens is 480 g/mol. The number of furan rings is 1. The van der Waals surface area contributed by atoms with Gasteiger partial charge in [-0.3, -0.25) is 4.90 Å². The van der Waals surface area contributed by atoms with E-state index in [1.165, 1.54) is 0 Å². The number of aromatic nitrogens is 1. The SMILES string of the molecule is c1ccc(-c2ccccc2N(c2ccc3oc4ccccc4c3c2)c2nc3ccc4ccccc4c3o2)cc1. The van der Waals surface area contributed by atoms with Crippen LogP contribution in [0.25, 0.3) is 54.9 Å². The normalized spacial score (nSPS) is 11.6. The molecule has 0 atom stereocenters. The predicted molar refractivity (Wildman–Crippen MR) is 159 cm³/mol. The first-order valence-electron chi connectivity index (χ1n) is 13.0. The number of benzene rings is 6. The molecule has 0 fully saturated rings. The molecule has 0 amide bonds. The van der Waals surface area contributed by atoms with Crippen molar-refractivity contribution in [3.8, 4) is 11.1 Å².